The Bertz CT molecular complexity index is 1370. The number of rotatable bonds is 5. The number of halogens is 2. The van der Waals surface area contributed by atoms with Gasteiger partial charge in [0.25, 0.3) is 0 Å². The summed E-state index contributed by atoms with van der Waals surface area (Å²) in [5.74, 6) is 0.0108. The lowest BCUT2D eigenvalue weighted by Crippen LogP contribution is -2.29. The summed E-state index contributed by atoms with van der Waals surface area (Å²) in [7, 11) is 0. The minimum absolute atomic E-state index is 0.118. The molecule has 0 saturated carbocycles. The van der Waals surface area contributed by atoms with Gasteiger partial charge in [-0.15, -0.1) is 0 Å². The molecule has 1 aromatic carbocycles. The van der Waals surface area contributed by atoms with Crippen molar-refractivity contribution in [3.05, 3.63) is 78.5 Å². The zero-order chi connectivity index (χ0) is 22.9. The van der Waals surface area contributed by atoms with E-state index in [1.165, 1.54) is 18.2 Å². The van der Waals surface area contributed by atoms with Crippen LogP contribution >= 0.6 is 11.6 Å². The molecule has 1 saturated heterocycles. The molecule has 6 nitrogen and oxygen atoms in total. The van der Waals surface area contributed by atoms with Gasteiger partial charge in [0.15, 0.2) is 0 Å². The number of pyridine rings is 2. The summed E-state index contributed by atoms with van der Waals surface area (Å²) in [5.41, 5.74) is 3.68. The zero-order valence-corrected chi connectivity index (χ0v) is 18.3. The molecule has 0 aliphatic carbocycles. The first kappa shape index (κ1) is 21.2. The Morgan fingerprint density at radius 1 is 1.27 bits per heavy atom. The lowest BCUT2D eigenvalue weighted by molar-refractivity contribution is -0.125. The van der Waals surface area contributed by atoms with Crippen molar-refractivity contribution >= 4 is 28.5 Å². The highest BCUT2D eigenvalue weighted by Crippen LogP contribution is 2.42. The van der Waals surface area contributed by atoms with E-state index in [1.807, 2.05) is 18.2 Å². The monoisotopic (exact) mass is 462 g/mol. The average molecular weight is 463 g/mol. The molecule has 8 heteroatoms. The Labute approximate surface area is 194 Å². The number of aromatic nitrogens is 3. The van der Waals surface area contributed by atoms with Crippen molar-refractivity contribution in [3.8, 4) is 28.1 Å². The molecule has 1 aliphatic rings. The van der Waals surface area contributed by atoms with E-state index in [-0.39, 0.29) is 12.0 Å². The van der Waals surface area contributed by atoms with Crippen LogP contribution in [0.25, 0.3) is 33.4 Å². The van der Waals surface area contributed by atoms with Gasteiger partial charge in [-0.25, -0.2) is 4.39 Å². The molecule has 0 bridgehead atoms. The number of nitrogens with zero attached hydrogens (tertiary/aromatic N) is 3. The fraction of sp³-hybridized carbons (Fsp3) is 0.160. The quantitative estimate of drug-likeness (QED) is 0.411. The van der Waals surface area contributed by atoms with Gasteiger partial charge in [0.2, 0.25) is 5.91 Å². The molecule has 4 aromatic rings. The van der Waals surface area contributed by atoms with E-state index < -0.39 is 5.82 Å². The Hall–Kier alpha value is -3.71. The summed E-state index contributed by atoms with van der Waals surface area (Å²) in [5, 5.41) is 0.423. The number of nitrogens with one attached hydrogen (secondary N) is 1. The molecule has 33 heavy (non-hydrogen) atoms. The summed E-state index contributed by atoms with van der Waals surface area (Å²) >= 11 is 6.21. The van der Waals surface area contributed by atoms with Crippen LogP contribution < -0.4 is 4.74 Å². The summed E-state index contributed by atoms with van der Waals surface area (Å²) < 4.78 is 21.2. The number of carbonyl (C=O) groups is 1. The van der Waals surface area contributed by atoms with E-state index in [0.717, 1.165) is 5.52 Å². The first-order valence-corrected chi connectivity index (χ1v) is 10.9. The number of hydrogen-bond donors (Lipinski definition) is 1. The SMILES string of the molecule is C=CC(=O)N1CC[C@@H](Oc2cnccc2-c2[nH]c3cccnc3c2-c2cc(Cl)ccc2F)C1. The van der Waals surface area contributed by atoms with E-state index >= 15 is 0 Å². The van der Waals surface area contributed by atoms with Crippen molar-refractivity contribution in [3.63, 3.8) is 0 Å². The minimum atomic E-state index is -0.405. The van der Waals surface area contributed by atoms with Crippen LogP contribution in [-0.2, 0) is 4.79 Å². The van der Waals surface area contributed by atoms with E-state index in [9.17, 15) is 9.18 Å². The fourth-order valence-electron chi connectivity index (χ4n) is 4.19. The van der Waals surface area contributed by atoms with E-state index in [1.54, 1.807) is 29.6 Å². The highest BCUT2D eigenvalue weighted by molar-refractivity contribution is 6.31. The molecule has 5 rings (SSSR count). The second-order valence-electron chi connectivity index (χ2n) is 7.79. The number of ether oxygens (including phenoxy) is 1. The molecule has 0 radical (unpaired) electrons. The lowest BCUT2D eigenvalue weighted by Gasteiger charge is -2.18. The predicted octanol–water partition coefficient (Wildman–Crippen LogP) is 5.25. The summed E-state index contributed by atoms with van der Waals surface area (Å²) in [6.07, 6.45) is 6.76. The molecule has 166 valence electrons. The van der Waals surface area contributed by atoms with Crippen LogP contribution in [-0.4, -0.2) is 45.0 Å². The lowest BCUT2D eigenvalue weighted by atomic mass is 10.00. The van der Waals surface area contributed by atoms with Crippen LogP contribution in [0.3, 0.4) is 0 Å². The maximum absolute atomic E-state index is 14.9. The molecule has 1 N–H and O–H groups in total. The Morgan fingerprint density at radius 3 is 3.00 bits per heavy atom. The van der Waals surface area contributed by atoms with Gasteiger partial charge in [-0.1, -0.05) is 18.2 Å². The minimum Gasteiger partial charge on any atom is -0.486 e. The van der Waals surface area contributed by atoms with Crippen LogP contribution in [0, 0.1) is 5.82 Å². The molecule has 1 atom stereocenters. The number of likely N-dealkylation sites (tertiary alicyclic amines) is 1. The largest absolute Gasteiger partial charge is 0.486 e. The van der Waals surface area contributed by atoms with Crippen molar-refractivity contribution in [2.24, 2.45) is 0 Å². The summed E-state index contributed by atoms with van der Waals surface area (Å²) in [6, 6.07) is 9.96. The first-order valence-electron chi connectivity index (χ1n) is 10.5. The van der Waals surface area contributed by atoms with Gasteiger partial charge >= 0.3 is 0 Å². The molecule has 0 spiro atoms. The van der Waals surface area contributed by atoms with E-state index in [2.05, 4.69) is 21.5 Å². The van der Waals surface area contributed by atoms with Crippen molar-refractivity contribution in [2.45, 2.75) is 12.5 Å². The van der Waals surface area contributed by atoms with Crippen LogP contribution in [0.2, 0.25) is 5.02 Å². The van der Waals surface area contributed by atoms with Gasteiger partial charge in [0, 0.05) is 47.1 Å². The topological polar surface area (TPSA) is 71.1 Å². The number of H-pyrrole nitrogens is 1. The Kier molecular flexibility index (Phi) is 5.56. The molecule has 4 heterocycles. The summed E-state index contributed by atoms with van der Waals surface area (Å²) in [4.78, 5) is 25.7. The average Bonchev–Trinajstić information content (AvgIpc) is 3.45. The van der Waals surface area contributed by atoms with Gasteiger partial charge in [0.05, 0.1) is 29.5 Å². The fourth-order valence-corrected chi connectivity index (χ4v) is 4.36. The van der Waals surface area contributed by atoms with Gasteiger partial charge in [0.1, 0.15) is 17.7 Å². The van der Waals surface area contributed by atoms with Gasteiger partial charge in [-0.05, 0) is 42.5 Å². The maximum Gasteiger partial charge on any atom is 0.246 e. The van der Waals surface area contributed by atoms with E-state index in [0.29, 0.717) is 58.2 Å². The Balaban J connectivity index is 1.61. The molecule has 1 amide bonds. The third kappa shape index (κ3) is 3.96. The highest BCUT2D eigenvalue weighted by Gasteiger charge is 2.28. The Morgan fingerprint density at radius 2 is 2.15 bits per heavy atom. The van der Waals surface area contributed by atoms with Crippen LogP contribution in [0.4, 0.5) is 4.39 Å². The second-order valence-corrected chi connectivity index (χ2v) is 8.22. The third-order valence-corrected chi connectivity index (χ3v) is 5.97. The molecule has 3 aromatic heterocycles. The van der Waals surface area contributed by atoms with Gasteiger partial charge in [-0.3, -0.25) is 14.8 Å². The van der Waals surface area contributed by atoms with Crippen LogP contribution in [0.5, 0.6) is 5.75 Å². The van der Waals surface area contributed by atoms with Gasteiger partial charge in [-0.2, -0.15) is 0 Å². The number of aromatic amines is 1. The molecule has 0 unspecified atom stereocenters. The first-order chi connectivity index (χ1) is 16.0. The predicted molar refractivity (Wildman–Crippen MR) is 126 cm³/mol. The van der Waals surface area contributed by atoms with Gasteiger partial charge < -0.3 is 14.6 Å². The molecular formula is C25H20ClFN4O2. The number of benzene rings is 1. The van der Waals surface area contributed by atoms with Crippen LogP contribution in [0.1, 0.15) is 6.42 Å². The maximum atomic E-state index is 14.9. The van der Waals surface area contributed by atoms with Crippen molar-refractivity contribution in [2.75, 3.05) is 13.1 Å². The zero-order valence-electron chi connectivity index (χ0n) is 17.6. The number of carbonyl (C=O) groups excluding carboxylic acids is 1. The van der Waals surface area contributed by atoms with Crippen molar-refractivity contribution in [1.29, 1.82) is 0 Å². The highest BCUT2D eigenvalue weighted by atomic mass is 35.5. The van der Waals surface area contributed by atoms with E-state index in [4.69, 9.17) is 16.3 Å². The molecule has 1 aliphatic heterocycles. The normalized spacial score (nSPS) is 15.7. The standard InChI is InChI=1S/C25H20ClFN4O2/c1-2-22(32)31-11-8-16(14-31)33-21-13-28-10-7-17(21)24-23(18-12-15(26)5-6-19(18)27)25-20(30-24)4-3-9-29-25/h2-7,9-10,12-13,16,30H,1,8,11,14H2/t16-/m1/s1. The van der Waals surface area contributed by atoms with Crippen molar-refractivity contribution in [1.82, 2.24) is 19.9 Å². The molecular weight excluding hydrogens is 443 g/mol. The third-order valence-electron chi connectivity index (χ3n) is 5.73. The smallest absolute Gasteiger partial charge is 0.246 e. The van der Waals surface area contributed by atoms with Crippen LogP contribution in [0.15, 0.2) is 67.6 Å². The second kappa shape index (κ2) is 8.67. The number of hydrogen-bond acceptors (Lipinski definition) is 4. The van der Waals surface area contributed by atoms with Crippen molar-refractivity contribution < 1.29 is 13.9 Å². The summed E-state index contributed by atoms with van der Waals surface area (Å²) in [6.45, 7) is 4.61. The number of fused-ring (bicyclic) bond motifs is 1. The number of amides is 1. The molecule has 1 fully saturated rings.